The molecule has 0 aromatic rings. The first-order chi connectivity index (χ1) is 5.67. The van der Waals surface area contributed by atoms with Crippen LogP contribution in [0, 0.1) is 0 Å². The van der Waals surface area contributed by atoms with Crippen molar-refractivity contribution in [2.24, 2.45) is 0 Å². The maximum atomic E-state index is 11.0. The molecule has 12 heavy (non-hydrogen) atoms. The zero-order chi connectivity index (χ0) is 9.56. The quantitative estimate of drug-likeness (QED) is 0.280. The predicted molar refractivity (Wildman–Crippen MR) is 43.1 cm³/mol. The third kappa shape index (κ3) is 2.92. The number of methoxy groups -OCH3 is 1. The van der Waals surface area contributed by atoms with Gasteiger partial charge in [-0.2, -0.15) is 4.89 Å². The Balaban J connectivity index is 4.39. The molecule has 0 unspecified atom stereocenters. The van der Waals surface area contributed by atoms with Gasteiger partial charge in [0, 0.05) is 6.42 Å². The molecular formula is C8H14O4. The average Bonchev–Trinajstić information content (AvgIpc) is 2.07. The lowest BCUT2D eigenvalue weighted by Gasteiger charge is -2.06. The zero-order valence-corrected chi connectivity index (χ0v) is 7.84. The van der Waals surface area contributed by atoms with Gasteiger partial charge in [0.1, 0.15) is 5.76 Å². The van der Waals surface area contributed by atoms with Crippen LogP contribution < -0.4 is 0 Å². The van der Waals surface area contributed by atoms with Crippen molar-refractivity contribution >= 4 is 5.97 Å². The van der Waals surface area contributed by atoms with Gasteiger partial charge >= 0.3 is 5.97 Å². The Morgan fingerprint density at radius 2 is 1.92 bits per heavy atom. The van der Waals surface area contributed by atoms with E-state index in [0.717, 1.165) is 0 Å². The van der Waals surface area contributed by atoms with Crippen molar-refractivity contribution in [2.75, 3.05) is 14.2 Å². The smallest absolute Gasteiger partial charge is 0.372 e. The van der Waals surface area contributed by atoms with Crippen molar-refractivity contribution in [3.05, 3.63) is 11.3 Å². The molecule has 0 radical (unpaired) electrons. The third-order valence-corrected chi connectivity index (χ3v) is 1.45. The zero-order valence-electron chi connectivity index (χ0n) is 7.84. The third-order valence-electron chi connectivity index (χ3n) is 1.45. The molecule has 4 nitrogen and oxygen atoms in total. The minimum Gasteiger partial charge on any atom is -0.501 e. The fraction of sp³-hybridized carbons (Fsp3) is 0.625. The summed E-state index contributed by atoms with van der Waals surface area (Å²) >= 11 is 0. The van der Waals surface area contributed by atoms with E-state index in [1.54, 1.807) is 6.92 Å². The van der Waals surface area contributed by atoms with Gasteiger partial charge in [-0.1, -0.05) is 6.92 Å². The van der Waals surface area contributed by atoms with Gasteiger partial charge in [-0.25, -0.2) is 4.79 Å². The van der Waals surface area contributed by atoms with Crippen LogP contribution in [-0.4, -0.2) is 20.2 Å². The molecule has 0 aliphatic rings. The van der Waals surface area contributed by atoms with Crippen molar-refractivity contribution < 1.29 is 19.3 Å². The van der Waals surface area contributed by atoms with E-state index in [-0.39, 0.29) is 0 Å². The van der Waals surface area contributed by atoms with Gasteiger partial charge < -0.3 is 4.74 Å². The fourth-order valence-electron chi connectivity index (χ4n) is 0.815. The summed E-state index contributed by atoms with van der Waals surface area (Å²) in [5.41, 5.74) is 0.432. The second kappa shape index (κ2) is 5.60. The monoisotopic (exact) mass is 174 g/mol. The molecule has 0 aromatic heterocycles. The number of ether oxygens (including phenoxy) is 1. The second-order valence-electron chi connectivity index (χ2n) is 2.14. The SMILES string of the molecule is CCC(OC)=C(C)C(=O)OOC. The van der Waals surface area contributed by atoms with E-state index in [0.29, 0.717) is 17.8 Å². The van der Waals surface area contributed by atoms with Crippen LogP contribution >= 0.6 is 0 Å². The molecule has 0 rings (SSSR count). The van der Waals surface area contributed by atoms with Gasteiger partial charge in [-0.15, -0.1) is 0 Å². The lowest BCUT2D eigenvalue weighted by Crippen LogP contribution is -2.07. The van der Waals surface area contributed by atoms with Gasteiger partial charge in [-0.3, -0.25) is 4.89 Å². The summed E-state index contributed by atoms with van der Waals surface area (Å²) in [4.78, 5) is 19.6. The summed E-state index contributed by atoms with van der Waals surface area (Å²) in [6.07, 6.45) is 0.654. The standard InChI is InChI=1S/C8H14O4/c1-5-7(10-3)6(2)8(9)12-11-4/h5H2,1-4H3. The van der Waals surface area contributed by atoms with Gasteiger partial charge in [0.05, 0.1) is 19.8 Å². The van der Waals surface area contributed by atoms with Crippen molar-refractivity contribution in [1.29, 1.82) is 0 Å². The van der Waals surface area contributed by atoms with Gasteiger partial charge in [-0.05, 0) is 6.92 Å². The number of carbonyl (C=O) groups excluding carboxylic acids is 1. The molecule has 0 aromatic carbocycles. The van der Waals surface area contributed by atoms with Crippen molar-refractivity contribution in [2.45, 2.75) is 20.3 Å². The molecular weight excluding hydrogens is 160 g/mol. The summed E-state index contributed by atoms with van der Waals surface area (Å²) in [7, 11) is 2.80. The highest BCUT2D eigenvalue weighted by atomic mass is 17.2. The number of allylic oxidation sites excluding steroid dienone is 1. The Bertz CT molecular complexity index is 177. The first-order valence-corrected chi connectivity index (χ1v) is 3.66. The minimum absolute atomic E-state index is 0.432. The molecule has 0 saturated heterocycles. The lowest BCUT2D eigenvalue weighted by atomic mass is 10.2. The maximum absolute atomic E-state index is 11.0. The largest absolute Gasteiger partial charge is 0.501 e. The summed E-state index contributed by atoms with van der Waals surface area (Å²) in [5.74, 6) is 0.0910. The van der Waals surface area contributed by atoms with E-state index in [1.165, 1.54) is 14.2 Å². The maximum Gasteiger partial charge on any atom is 0.372 e. The van der Waals surface area contributed by atoms with E-state index < -0.39 is 5.97 Å². The summed E-state index contributed by atoms with van der Waals surface area (Å²) < 4.78 is 4.95. The summed E-state index contributed by atoms with van der Waals surface area (Å²) in [6, 6.07) is 0. The molecule has 0 spiro atoms. The van der Waals surface area contributed by atoms with E-state index in [2.05, 4.69) is 9.78 Å². The van der Waals surface area contributed by atoms with Crippen LogP contribution in [0.3, 0.4) is 0 Å². The van der Waals surface area contributed by atoms with Crippen molar-refractivity contribution in [3.63, 3.8) is 0 Å². The van der Waals surface area contributed by atoms with Crippen LogP contribution in [-0.2, 0) is 19.3 Å². The van der Waals surface area contributed by atoms with E-state index in [1.807, 2.05) is 6.92 Å². The van der Waals surface area contributed by atoms with E-state index >= 15 is 0 Å². The van der Waals surface area contributed by atoms with Gasteiger partial charge in [0.15, 0.2) is 0 Å². The Kier molecular flexibility index (Phi) is 5.12. The molecule has 0 N–H and O–H groups in total. The molecule has 0 amide bonds. The number of rotatable bonds is 4. The topological polar surface area (TPSA) is 44.8 Å². The van der Waals surface area contributed by atoms with E-state index in [4.69, 9.17) is 4.74 Å². The molecule has 0 fully saturated rings. The van der Waals surface area contributed by atoms with Crippen molar-refractivity contribution in [3.8, 4) is 0 Å². The van der Waals surface area contributed by atoms with Crippen LogP contribution in [0.25, 0.3) is 0 Å². The van der Waals surface area contributed by atoms with Crippen LogP contribution in [0.5, 0.6) is 0 Å². The van der Waals surface area contributed by atoms with Crippen LogP contribution in [0.4, 0.5) is 0 Å². The molecule has 70 valence electrons. The Labute approximate surface area is 72.0 Å². The Morgan fingerprint density at radius 1 is 1.33 bits per heavy atom. The first kappa shape index (κ1) is 11.0. The fourth-order valence-corrected chi connectivity index (χ4v) is 0.815. The highest BCUT2D eigenvalue weighted by Crippen LogP contribution is 2.10. The minimum atomic E-state index is -0.517. The molecule has 4 heteroatoms. The molecule has 0 saturated carbocycles. The summed E-state index contributed by atoms with van der Waals surface area (Å²) in [5, 5.41) is 0. The molecule has 0 aliphatic carbocycles. The first-order valence-electron chi connectivity index (χ1n) is 3.66. The molecule has 0 bridgehead atoms. The van der Waals surface area contributed by atoms with Crippen LogP contribution in [0.15, 0.2) is 11.3 Å². The van der Waals surface area contributed by atoms with Gasteiger partial charge in [0.2, 0.25) is 0 Å². The van der Waals surface area contributed by atoms with Crippen LogP contribution in [0.1, 0.15) is 20.3 Å². The van der Waals surface area contributed by atoms with E-state index in [9.17, 15) is 4.79 Å². The highest BCUT2D eigenvalue weighted by Gasteiger charge is 2.11. The normalized spacial score (nSPS) is 12.0. The summed E-state index contributed by atoms with van der Waals surface area (Å²) in [6.45, 7) is 3.52. The number of hydrogen-bond donors (Lipinski definition) is 0. The number of hydrogen-bond acceptors (Lipinski definition) is 4. The van der Waals surface area contributed by atoms with Crippen molar-refractivity contribution in [1.82, 2.24) is 0 Å². The Hall–Kier alpha value is -1.03. The number of carbonyl (C=O) groups is 1. The molecule has 0 aliphatic heterocycles. The molecule has 0 atom stereocenters. The Morgan fingerprint density at radius 3 is 2.25 bits per heavy atom. The predicted octanol–water partition coefficient (Wildman–Crippen LogP) is 1.42. The lowest BCUT2D eigenvalue weighted by molar-refractivity contribution is -0.250. The van der Waals surface area contributed by atoms with Crippen LogP contribution in [0.2, 0.25) is 0 Å². The average molecular weight is 174 g/mol. The second-order valence-corrected chi connectivity index (χ2v) is 2.14. The van der Waals surface area contributed by atoms with Gasteiger partial charge in [0.25, 0.3) is 0 Å². The highest BCUT2D eigenvalue weighted by molar-refractivity contribution is 5.87. The molecule has 0 heterocycles.